The SMILES string of the molecule is O=C(O)COc1c(F)cc(F)cc1Cl. The molecule has 0 aromatic heterocycles. The zero-order valence-corrected chi connectivity index (χ0v) is 7.52. The Labute approximate surface area is 82.9 Å². The standard InChI is InChI=1S/C8H5ClF2O3/c9-5-1-4(10)2-6(11)8(5)14-3-7(12)13/h1-2H,3H2,(H,12,13). The average Bonchev–Trinajstić information content (AvgIpc) is 2.01. The molecule has 0 aliphatic carbocycles. The van der Waals surface area contributed by atoms with Gasteiger partial charge in [0.1, 0.15) is 5.82 Å². The maximum absolute atomic E-state index is 12.9. The lowest BCUT2D eigenvalue weighted by molar-refractivity contribution is -0.139. The van der Waals surface area contributed by atoms with Gasteiger partial charge in [-0.3, -0.25) is 0 Å². The number of hydrogen-bond acceptors (Lipinski definition) is 2. The molecule has 0 spiro atoms. The van der Waals surface area contributed by atoms with Gasteiger partial charge in [-0.1, -0.05) is 11.6 Å². The summed E-state index contributed by atoms with van der Waals surface area (Å²) in [4.78, 5) is 10.1. The molecule has 0 amide bonds. The van der Waals surface area contributed by atoms with Crippen molar-refractivity contribution >= 4 is 17.6 Å². The summed E-state index contributed by atoms with van der Waals surface area (Å²) >= 11 is 5.42. The third kappa shape index (κ3) is 2.56. The Bertz CT molecular complexity index is 345. The highest BCUT2D eigenvalue weighted by Crippen LogP contribution is 2.28. The number of ether oxygens (including phenoxy) is 1. The molecule has 0 bridgehead atoms. The van der Waals surface area contributed by atoms with Crippen molar-refractivity contribution in [3.63, 3.8) is 0 Å². The van der Waals surface area contributed by atoms with Gasteiger partial charge in [-0.05, 0) is 6.07 Å². The van der Waals surface area contributed by atoms with Crippen LogP contribution in [-0.2, 0) is 4.79 Å². The molecule has 0 saturated heterocycles. The van der Waals surface area contributed by atoms with E-state index in [2.05, 4.69) is 4.74 Å². The van der Waals surface area contributed by atoms with E-state index in [-0.39, 0.29) is 5.02 Å². The van der Waals surface area contributed by atoms with Crippen LogP contribution in [0.2, 0.25) is 5.02 Å². The Morgan fingerprint density at radius 2 is 2.14 bits per heavy atom. The highest BCUT2D eigenvalue weighted by Gasteiger charge is 2.12. The minimum atomic E-state index is -1.27. The summed E-state index contributed by atoms with van der Waals surface area (Å²) in [6.45, 7) is -0.734. The number of carboxylic acid groups (broad SMARTS) is 1. The van der Waals surface area contributed by atoms with E-state index < -0.39 is 30.0 Å². The van der Waals surface area contributed by atoms with Crippen molar-refractivity contribution in [2.24, 2.45) is 0 Å². The number of aliphatic carboxylic acids is 1. The zero-order valence-electron chi connectivity index (χ0n) is 6.76. The van der Waals surface area contributed by atoms with E-state index in [4.69, 9.17) is 16.7 Å². The molecule has 3 nitrogen and oxygen atoms in total. The highest BCUT2D eigenvalue weighted by atomic mass is 35.5. The van der Waals surface area contributed by atoms with E-state index in [9.17, 15) is 13.6 Å². The third-order valence-corrected chi connectivity index (χ3v) is 1.58. The minimum Gasteiger partial charge on any atom is -0.479 e. The van der Waals surface area contributed by atoms with Gasteiger partial charge in [0.15, 0.2) is 18.2 Å². The molecular formula is C8H5ClF2O3. The van der Waals surface area contributed by atoms with Crippen LogP contribution in [0, 0.1) is 11.6 Å². The van der Waals surface area contributed by atoms with Crippen LogP contribution in [0.1, 0.15) is 0 Å². The van der Waals surface area contributed by atoms with Gasteiger partial charge in [0.2, 0.25) is 0 Å². The van der Waals surface area contributed by atoms with Crippen LogP contribution < -0.4 is 4.74 Å². The molecule has 0 unspecified atom stereocenters. The fourth-order valence-electron chi connectivity index (χ4n) is 0.801. The largest absolute Gasteiger partial charge is 0.479 e. The van der Waals surface area contributed by atoms with Crippen LogP contribution in [0.3, 0.4) is 0 Å². The van der Waals surface area contributed by atoms with Gasteiger partial charge >= 0.3 is 5.97 Å². The van der Waals surface area contributed by atoms with E-state index in [0.717, 1.165) is 6.07 Å². The first-order valence-electron chi connectivity index (χ1n) is 3.50. The molecule has 6 heteroatoms. The van der Waals surface area contributed by atoms with Crippen molar-refractivity contribution in [1.82, 2.24) is 0 Å². The maximum Gasteiger partial charge on any atom is 0.341 e. The molecule has 14 heavy (non-hydrogen) atoms. The molecule has 0 heterocycles. The number of halogens is 3. The van der Waals surface area contributed by atoms with Crippen molar-refractivity contribution in [2.45, 2.75) is 0 Å². The summed E-state index contributed by atoms with van der Waals surface area (Å²) < 4.78 is 29.9. The highest BCUT2D eigenvalue weighted by molar-refractivity contribution is 6.32. The normalized spacial score (nSPS) is 9.93. The summed E-state index contributed by atoms with van der Waals surface area (Å²) in [5.74, 6) is -3.62. The molecule has 1 aromatic carbocycles. The summed E-state index contributed by atoms with van der Waals surface area (Å²) in [7, 11) is 0. The summed E-state index contributed by atoms with van der Waals surface area (Å²) in [6, 6.07) is 1.39. The van der Waals surface area contributed by atoms with E-state index in [1.54, 1.807) is 0 Å². The summed E-state index contributed by atoms with van der Waals surface area (Å²) in [6.07, 6.45) is 0. The first kappa shape index (κ1) is 10.7. The van der Waals surface area contributed by atoms with Gasteiger partial charge in [0.25, 0.3) is 0 Å². The van der Waals surface area contributed by atoms with Crippen molar-refractivity contribution < 1.29 is 23.4 Å². The first-order valence-corrected chi connectivity index (χ1v) is 3.87. The van der Waals surface area contributed by atoms with Crippen molar-refractivity contribution in [3.05, 3.63) is 28.8 Å². The molecule has 0 aliphatic rings. The number of carbonyl (C=O) groups is 1. The number of carboxylic acids is 1. The quantitative estimate of drug-likeness (QED) is 0.852. The molecule has 0 atom stereocenters. The second-order valence-corrected chi connectivity index (χ2v) is 2.79. The van der Waals surface area contributed by atoms with E-state index >= 15 is 0 Å². The predicted molar refractivity (Wildman–Crippen MR) is 44.5 cm³/mol. The molecule has 0 fully saturated rings. The molecular weight excluding hydrogens is 218 g/mol. The Morgan fingerprint density at radius 3 is 2.64 bits per heavy atom. The topological polar surface area (TPSA) is 46.5 Å². The predicted octanol–water partition coefficient (Wildman–Crippen LogP) is 2.08. The van der Waals surface area contributed by atoms with E-state index in [0.29, 0.717) is 6.07 Å². The van der Waals surface area contributed by atoms with Gasteiger partial charge in [-0.25, -0.2) is 13.6 Å². The lowest BCUT2D eigenvalue weighted by Gasteiger charge is -2.06. The Kier molecular flexibility index (Phi) is 3.24. The van der Waals surface area contributed by atoms with E-state index in [1.807, 2.05) is 0 Å². The molecule has 0 radical (unpaired) electrons. The van der Waals surface area contributed by atoms with Crippen molar-refractivity contribution in [3.8, 4) is 5.75 Å². The first-order chi connectivity index (χ1) is 6.50. The molecule has 0 saturated carbocycles. The van der Waals surface area contributed by atoms with Crippen LogP contribution in [0.5, 0.6) is 5.75 Å². The summed E-state index contributed by atoms with van der Waals surface area (Å²) in [5, 5.41) is 7.94. The minimum absolute atomic E-state index is 0.302. The third-order valence-electron chi connectivity index (χ3n) is 1.30. The van der Waals surface area contributed by atoms with Crippen LogP contribution in [0.15, 0.2) is 12.1 Å². The average molecular weight is 223 g/mol. The zero-order chi connectivity index (χ0) is 10.7. The molecule has 1 N–H and O–H groups in total. The van der Waals surface area contributed by atoms with Crippen LogP contribution in [0.25, 0.3) is 0 Å². The molecule has 1 rings (SSSR count). The fraction of sp³-hybridized carbons (Fsp3) is 0.125. The monoisotopic (exact) mass is 222 g/mol. The Balaban J connectivity index is 2.91. The fourth-order valence-corrected chi connectivity index (χ4v) is 1.05. The van der Waals surface area contributed by atoms with Crippen molar-refractivity contribution in [2.75, 3.05) is 6.61 Å². The second-order valence-electron chi connectivity index (χ2n) is 2.38. The second kappa shape index (κ2) is 4.23. The summed E-state index contributed by atoms with van der Waals surface area (Å²) in [5.41, 5.74) is 0. The van der Waals surface area contributed by atoms with Gasteiger partial charge in [-0.15, -0.1) is 0 Å². The lowest BCUT2D eigenvalue weighted by atomic mass is 10.3. The van der Waals surface area contributed by atoms with E-state index in [1.165, 1.54) is 0 Å². The Hall–Kier alpha value is -1.36. The van der Waals surface area contributed by atoms with Gasteiger partial charge in [0.05, 0.1) is 5.02 Å². The molecule has 76 valence electrons. The number of hydrogen-bond donors (Lipinski definition) is 1. The Morgan fingerprint density at radius 1 is 1.50 bits per heavy atom. The van der Waals surface area contributed by atoms with Crippen LogP contribution >= 0.6 is 11.6 Å². The number of rotatable bonds is 3. The van der Waals surface area contributed by atoms with Gasteiger partial charge < -0.3 is 9.84 Å². The number of benzene rings is 1. The smallest absolute Gasteiger partial charge is 0.341 e. The maximum atomic E-state index is 12.9. The van der Waals surface area contributed by atoms with Crippen LogP contribution in [0.4, 0.5) is 8.78 Å². The van der Waals surface area contributed by atoms with Gasteiger partial charge in [0, 0.05) is 6.07 Å². The molecule has 1 aromatic rings. The van der Waals surface area contributed by atoms with Gasteiger partial charge in [-0.2, -0.15) is 0 Å². The molecule has 0 aliphatic heterocycles. The lowest BCUT2D eigenvalue weighted by Crippen LogP contribution is -2.10. The van der Waals surface area contributed by atoms with Crippen molar-refractivity contribution in [1.29, 1.82) is 0 Å². The van der Waals surface area contributed by atoms with Crippen LogP contribution in [-0.4, -0.2) is 17.7 Å².